The smallest absolute Gasteiger partial charge is 0.263 e. The van der Waals surface area contributed by atoms with E-state index in [1.54, 1.807) is 0 Å². The Hall–Kier alpha value is -1.42. The Morgan fingerprint density at radius 3 is 2.97 bits per heavy atom. The summed E-state index contributed by atoms with van der Waals surface area (Å²) in [6, 6.07) is 6.37. The number of nitrogens with zero attached hydrogens (tertiary/aromatic N) is 3. The van der Waals surface area contributed by atoms with Gasteiger partial charge in [0.15, 0.2) is 4.96 Å². The first kappa shape index (κ1) is 26.8. The van der Waals surface area contributed by atoms with E-state index in [2.05, 4.69) is 40.4 Å². The molecule has 7 nitrogen and oxygen atoms in total. The van der Waals surface area contributed by atoms with Crippen molar-refractivity contribution >= 4 is 58.1 Å². The van der Waals surface area contributed by atoms with Crippen molar-refractivity contribution in [1.29, 1.82) is 0 Å². The van der Waals surface area contributed by atoms with E-state index in [1.807, 2.05) is 10.6 Å². The molecule has 2 N–H and O–H groups in total. The van der Waals surface area contributed by atoms with E-state index in [0.29, 0.717) is 23.9 Å². The Kier molecular flexibility index (Phi) is 10.7. The number of imidazole rings is 1. The number of carbonyl (C=O) groups is 1. The van der Waals surface area contributed by atoms with Crippen LogP contribution in [0.2, 0.25) is 0 Å². The lowest BCUT2D eigenvalue weighted by atomic mass is 10.1. The van der Waals surface area contributed by atoms with Crippen molar-refractivity contribution < 1.29 is 14.6 Å². The maximum absolute atomic E-state index is 12.4. The van der Waals surface area contributed by atoms with Crippen LogP contribution in [0.1, 0.15) is 47.3 Å². The quantitative estimate of drug-likeness (QED) is 0.411. The zero-order valence-electron chi connectivity index (χ0n) is 18.3. The molecule has 1 amide bonds. The number of thiazole rings is 1. The molecule has 32 heavy (non-hydrogen) atoms. The highest BCUT2D eigenvalue weighted by atomic mass is 35.5. The maximum Gasteiger partial charge on any atom is 0.263 e. The lowest BCUT2D eigenvalue weighted by Crippen LogP contribution is -2.23. The van der Waals surface area contributed by atoms with Crippen molar-refractivity contribution in [1.82, 2.24) is 19.6 Å². The molecular weight excluding hydrogens is 471 g/mol. The fourth-order valence-electron chi connectivity index (χ4n) is 3.91. The Labute approximate surface area is 205 Å². The SMILES string of the molecule is CN(CCC1CCCO1)Cc1ccc2nc3sc(C(=O)NCCCCO)cn3c2c1.Cl.Cl. The molecule has 0 aliphatic carbocycles. The molecule has 1 unspecified atom stereocenters. The van der Waals surface area contributed by atoms with Crippen molar-refractivity contribution in [2.45, 2.75) is 44.8 Å². The van der Waals surface area contributed by atoms with Crippen molar-refractivity contribution in [3.8, 4) is 0 Å². The molecule has 0 radical (unpaired) electrons. The molecule has 3 aromatic rings. The van der Waals surface area contributed by atoms with Crippen LogP contribution < -0.4 is 5.32 Å². The summed E-state index contributed by atoms with van der Waals surface area (Å²) >= 11 is 1.40. The lowest BCUT2D eigenvalue weighted by molar-refractivity contribution is 0.0943. The van der Waals surface area contributed by atoms with E-state index in [0.717, 1.165) is 48.5 Å². The molecular formula is C22H32Cl2N4O3S. The minimum Gasteiger partial charge on any atom is -0.396 e. The molecule has 1 aliphatic rings. The molecule has 0 bridgehead atoms. The number of halogens is 2. The van der Waals surface area contributed by atoms with Crippen LogP contribution in [0.5, 0.6) is 0 Å². The molecule has 1 aliphatic heterocycles. The molecule has 1 atom stereocenters. The van der Waals surface area contributed by atoms with Gasteiger partial charge in [-0.2, -0.15) is 0 Å². The van der Waals surface area contributed by atoms with E-state index < -0.39 is 0 Å². The number of benzene rings is 1. The van der Waals surface area contributed by atoms with Crippen molar-refractivity contribution in [2.75, 3.05) is 33.4 Å². The topological polar surface area (TPSA) is 79.1 Å². The molecule has 0 spiro atoms. The van der Waals surface area contributed by atoms with E-state index in [9.17, 15) is 4.79 Å². The maximum atomic E-state index is 12.4. The van der Waals surface area contributed by atoms with Gasteiger partial charge in [-0.25, -0.2) is 4.98 Å². The molecule has 1 saturated heterocycles. The van der Waals surface area contributed by atoms with Crippen LogP contribution in [0.15, 0.2) is 24.4 Å². The largest absolute Gasteiger partial charge is 0.396 e. The minimum absolute atomic E-state index is 0. The summed E-state index contributed by atoms with van der Waals surface area (Å²) in [5.74, 6) is -0.0818. The summed E-state index contributed by atoms with van der Waals surface area (Å²) in [5, 5.41) is 11.8. The van der Waals surface area contributed by atoms with Crippen molar-refractivity contribution in [3.05, 3.63) is 34.8 Å². The van der Waals surface area contributed by atoms with E-state index >= 15 is 0 Å². The predicted octanol–water partition coefficient (Wildman–Crippen LogP) is 3.90. The summed E-state index contributed by atoms with van der Waals surface area (Å²) < 4.78 is 7.74. The van der Waals surface area contributed by atoms with Crippen LogP contribution in [0.25, 0.3) is 16.0 Å². The number of aliphatic hydroxyl groups excluding tert-OH is 1. The highest BCUT2D eigenvalue weighted by Crippen LogP contribution is 2.25. The Balaban J connectivity index is 0.00000181. The van der Waals surface area contributed by atoms with Crippen LogP contribution in [0.4, 0.5) is 0 Å². The molecule has 1 fully saturated rings. The zero-order chi connectivity index (χ0) is 20.9. The van der Waals surface area contributed by atoms with Gasteiger partial charge in [0.05, 0.1) is 17.1 Å². The van der Waals surface area contributed by atoms with E-state index in [1.165, 1.54) is 29.7 Å². The summed E-state index contributed by atoms with van der Waals surface area (Å²) in [4.78, 5) is 20.9. The highest BCUT2D eigenvalue weighted by molar-refractivity contribution is 7.18. The summed E-state index contributed by atoms with van der Waals surface area (Å²) in [6.45, 7) is 3.52. The van der Waals surface area contributed by atoms with Crippen LogP contribution in [-0.4, -0.2) is 64.8 Å². The zero-order valence-corrected chi connectivity index (χ0v) is 20.7. The molecule has 0 saturated carbocycles. The van der Waals surface area contributed by atoms with Gasteiger partial charge in [0.1, 0.15) is 4.88 Å². The van der Waals surface area contributed by atoms with Gasteiger partial charge >= 0.3 is 0 Å². The summed E-state index contributed by atoms with van der Waals surface area (Å²) in [7, 11) is 2.15. The first-order valence-corrected chi connectivity index (χ1v) is 11.6. The Bertz CT molecular complexity index is 1000. The highest BCUT2D eigenvalue weighted by Gasteiger charge is 2.17. The Morgan fingerprint density at radius 1 is 1.38 bits per heavy atom. The lowest BCUT2D eigenvalue weighted by Gasteiger charge is -2.19. The number of nitrogens with one attached hydrogen (secondary N) is 1. The third-order valence-corrected chi connectivity index (χ3v) is 6.55. The van der Waals surface area contributed by atoms with Crippen molar-refractivity contribution in [2.24, 2.45) is 0 Å². The molecule has 4 rings (SSSR count). The monoisotopic (exact) mass is 502 g/mol. The number of unbranched alkanes of at least 4 members (excludes halogenated alkanes) is 1. The van der Waals surface area contributed by atoms with Gasteiger partial charge in [0.2, 0.25) is 0 Å². The summed E-state index contributed by atoms with van der Waals surface area (Å²) in [6.07, 6.45) is 7.22. The van der Waals surface area contributed by atoms with Gasteiger partial charge in [-0.15, -0.1) is 24.8 Å². The number of ether oxygens (including phenoxy) is 1. The van der Waals surface area contributed by atoms with Gasteiger partial charge in [-0.1, -0.05) is 17.4 Å². The average Bonchev–Trinajstić information content (AvgIpc) is 3.46. The Morgan fingerprint density at radius 2 is 2.22 bits per heavy atom. The standard InChI is InChI=1S/C22H30N4O3S.2ClH/c1-25(10-8-17-5-4-12-29-17)14-16-6-7-18-19(13-16)26-15-20(30-22(26)24-18)21(28)23-9-2-3-11-27;;/h6-7,13,15,17,27H,2-5,8-12,14H2,1H3,(H,23,28);2*1H. The second kappa shape index (κ2) is 12.7. The molecule has 3 heterocycles. The average molecular weight is 503 g/mol. The normalized spacial score (nSPS) is 15.8. The van der Waals surface area contributed by atoms with Gasteiger partial charge in [-0.05, 0) is 56.8 Å². The third-order valence-electron chi connectivity index (χ3n) is 5.57. The molecule has 178 valence electrons. The second-order valence-corrected chi connectivity index (χ2v) is 9.04. The first-order chi connectivity index (χ1) is 14.6. The second-order valence-electron chi connectivity index (χ2n) is 8.03. The van der Waals surface area contributed by atoms with E-state index in [-0.39, 0.29) is 37.3 Å². The number of fused-ring (bicyclic) bond motifs is 3. The molecule has 1 aromatic carbocycles. The van der Waals surface area contributed by atoms with Crippen LogP contribution >= 0.6 is 36.2 Å². The number of amides is 1. The molecule has 2 aromatic heterocycles. The number of hydrogen-bond acceptors (Lipinski definition) is 6. The third kappa shape index (κ3) is 6.56. The first-order valence-electron chi connectivity index (χ1n) is 10.7. The number of hydrogen-bond donors (Lipinski definition) is 2. The fourth-order valence-corrected chi connectivity index (χ4v) is 4.82. The van der Waals surface area contributed by atoms with Crippen LogP contribution in [0, 0.1) is 0 Å². The van der Waals surface area contributed by atoms with Gasteiger partial charge in [0.25, 0.3) is 5.91 Å². The summed E-state index contributed by atoms with van der Waals surface area (Å²) in [5.41, 5.74) is 3.22. The number of aromatic nitrogens is 2. The minimum atomic E-state index is -0.0818. The van der Waals surface area contributed by atoms with Crippen LogP contribution in [0.3, 0.4) is 0 Å². The van der Waals surface area contributed by atoms with Gasteiger partial charge < -0.3 is 20.1 Å². The number of carbonyl (C=O) groups excluding carboxylic acids is 1. The van der Waals surface area contributed by atoms with Crippen molar-refractivity contribution in [3.63, 3.8) is 0 Å². The fraction of sp³-hybridized carbons (Fsp3) is 0.545. The number of aliphatic hydroxyl groups is 1. The number of rotatable bonds is 10. The van der Waals surface area contributed by atoms with E-state index in [4.69, 9.17) is 9.84 Å². The van der Waals surface area contributed by atoms with Gasteiger partial charge in [-0.3, -0.25) is 9.20 Å². The predicted molar refractivity (Wildman–Crippen MR) is 134 cm³/mol. The van der Waals surface area contributed by atoms with Gasteiger partial charge in [0, 0.05) is 39.0 Å². The van der Waals surface area contributed by atoms with Crippen LogP contribution in [-0.2, 0) is 11.3 Å². The molecule has 10 heteroatoms.